The predicted octanol–water partition coefficient (Wildman–Crippen LogP) is 15.1. The largest absolute Gasteiger partial charge is 0.507 e. The molecule has 0 amide bonds. The number of benzene rings is 6. The fourth-order valence-corrected chi connectivity index (χ4v) is 7.69. The van der Waals surface area contributed by atoms with Gasteiger partial charge in [-0.2, -0.15) is 0 Å². The van der Waals surface area contributed by atoms with Gasteiger partial charge in [-0.1, -0.05) is 144 Å². The van der Waals surface area contributed by atoms with Gasteiger partial charge in [0.05, 0.1) is 22.7 Å². The highest BCUT2D eigenvalue weighted by molar-refractivity contribution is 6.05. The number of phenolic OH excluding ortho intramolecular Hbond substituents is 4. The van der Waals surface area contributed by atoms with E-state index in [0.29, 0.717) is 67.6 Å². The summed E-state index contributed by atoms with van der Waals surface area (Å²) in [6.07, 6.45) is 3.17. The smallest absolute Gasteiger partial charge is 0.132 e. The fourth-order valence-electron chi connectivity index (χ4n) is 7.69. The first-order valence-corrected chi connectivity index (χ1v) is 22.5. The van der Waals surface area contributed by atoms with Crippen LogP contribution in [0, 0.1) is 0 Å². The van der Waals surface area contributed by atoms with Gasteiger partial charge in [-0.05, 0) is 95.2 Å². The summed E-state index contributed by atoms with van der Waals surface area (Å²) in [5, 5.41) is 46.3. The number of para-hydroxylation sites is 6. The van der Waals surface area contributed by atoms with E-state index in [4.69, 9.17) is 20.0 Å². The van der Waals surface area contributed by atoms with Gasteiger partial charge >= 0.3 is 0 Å². The maximum atomic E-state index is 11.7. The Kier molecular flexibility index (Phi) is 13.7. The van der Waals surface area contributed by atoms with Crippen LogP contribution in [-0.2, 0) is 21.7 Å². The minimum Gasteiger partial charge on any atom is -0.507 e. The monoisotopic (exact) mass is 883 g/mol. The normalized spacial score (nSPS) is 13.3. The van der Waals surface area contributed by atoms with Crippen LogP contribution >= 0.6 is 0 Å². The summed E-state index contributed by atoms with van der Waals surface area (Å²) in [5.74, 6) is 0.338. The molecule has 0 atom stereocenters. The SMILES string of the molecule is C/C(=N\c1ccccc1/N=C/c1cccc(-c2cccc(/C=N/c3ccccc3/N=C(\C)c3cc(C(C)(C)C)cc(C(C)(C)C)c3O)c2O)c1O)c1cc(C(C)(C)C)cc(C(C)(C)C)c1O. The minimum atomic E-state index is -0.281. The van der Waals surface area contributed by atoms with Gasteiger partial charge < -0.3 is 20.4 Å². The van der Waals surface area contributed by atoms with Gasteiger partial charge in [0, 0.05) is 68.4 Å². The first kappa shape index (κ1) is 48.7. The number of nitrogens with zero attached hydrogens (tertiary/aromatic N) is 4. The molecule has 66 heavy (non-hydrogen) atoms. The molecule has 0 fully saturated rings. The Bertz CT molecular complexity index is 2710. The molecule has 0 spiro atoms. The zero-order valence-electron chi connectivity index (χ0n) is 41.1. The van der Waals surface area contributed by atoms with Crippen molar-refractivity contribution in [2.45, 2.75) is 119 Å². The van der Waals surface area contributed by atoms with Crippen molar-refractivity contribution in [1.29, 1.82) is 0 Å². The molecule has 0 bridgehead atoms. The molecule has 0 saturated heterocycles. The average molecular weight is 883 g/mol. The Morgan fingerprint density at radius 2 is 0.727 bits per heavy atom. The summed E-state index contributed by atoms with van der Waals surface area (Å²) >= 11 is 0. The number of hydrogen-bond donors (Lipinski definition) is 4. The first-order chi connectivity index (χ1) is 30.8. The van der Waals surface area contributed by atoms with Gasteiger partial charge in [-0.3, -0.25) is 20.0 Å². The van der Waals surface area contributed by atoms with E-state index >= 15 is 0 Å². The molecule has 0 aromatic heterocycles. The maximum absolute atomic E-state index is 11.7. The second-order valence-electron chi connectivity index (χ2n) is 21.2. The topological polar surface area (TPSA) is 130 Å². The van der Waals surface area contributed by atoms with E-state index in [-0.39, 0.29) is 44.7 Å². The third-order valence-electron chi connectivity index (χ3n) is 11.8. The lowest BCUT2D eigenvalue weighted by Gasteiger charge is -2.27. The van der Waals surface area contributed by atoms with Crippen molar-refractivity contribution in [3.8, 4) is 34.1 Å². The molecule has 0 radical (unpaired) electrons. The molecule has 6 rings (SSSR count). The molecular formula is C58H66N4O4. The molecule has 4 N–H and O–H groups in total. The van der Waals surface area contributed by atoms with Crippen LogP contribution in [0.4, 0.5) is 22.7 Å². The highest BCUT2D eigenvalue weighted by Crippen LogP contribution is 2.42. The maximum Gasteiger partial charge on any atom is 0.132 e. The Balaban J connectivity index is 1.31. The highest BCUT2D eigenvalue weighted by atomic mass is 16.3. The first-order valence-electron chi connectivity index (χ1n) is 22.5. The molecular weight excluding hydrogens is 817 g/mol. The van der Waals surface area contributed by atoms with Crippen molar-refractivity contribution >= 4 is 46.6 Å². The van der Waals surface area contributed by atoms with Crippen LogP contribution < -0.4 is 0 Å². The van der Waals surface area contributed by atoms with Gasteiger partial charge in [0.2, 0.25) is 0 Å². The van der Waals surface area contributed by atoms with Gasteiger partial charge in [0.1, 0.15) is 23.0 Å². The summed E-state index contributed by atoms with van der Waals surface area (Å²) < 4.78 is 0. The Hall–Kier alpha value is -6.80. The van der Waals surface area contributed by atoms with E-state index in [2.05, 4.69) is 95.2 Å². The minimum absolute atomic E-state index is 0.0509. The van der Waals surface area contributed by atoms with Crippen LogP contribution in [0.1, 0.15) is 141 Å². The third kappa shape index (κ3) is 10.8. The second-order valence-corrected chi connectivity index (χ2v) is 21.2. The second kappa shape index (κ2) is 18.6. The molecule has 6 aromatic carbocycles. The van der Waals surface area contributed by atoms with E-state index < -0.39 is 0 Å². The van der Waals surface area contributed by atoms with Crippen LogP contribution in [-0.4, -0.2) is 44.3 Å². The number of aromatic hydroxyl groups is 4. The molecule has 0 unspecified atom stereocenters. The molecule has 8 nitrogen and oxygen atoms in total. The van der Waals surface area contributed by atoms with Crippen molar-refractivity contribution in [3.63, 3.8) is 0 Å². The predicted molar refractivity (Wildman–Crippen MR) is 277 cm³/mol. The molecule has 0 aliphatic rings. The quantitative estimate of drug-likeness (QED) is 0.108. The van der Waals surface area contributed by atoms with E-state index in [9.17, 15) is 20.4 Å². The molecule has 0 aliphatic carbocycles. The van der Waals surface area contributed by atoms with Gasteiger partial charge in [0.15, 0.2) is 0 Å². The fraction of sp³-hybridized carbons (Fsp3) is 0.310. The van der Waals surface area contributed by atoms with Crippen LogP contribution in [0.5, 0.6) is 23.0 Å². The molecule has 8 heteroatoms. The number of aliphatic imine (C=N–C) groups is 4. The summed E-state index contributed by atoms with van der Waals surface area (Å²) in [6.45, 7) is 29.3. The van der Waals surface area contributed by atoms with Crippen LogP contribution in [0.25, 0.3) is 11.1 Å². The van der Waals surface area contributed by atoms with E-state index in [1.807, 2.05) is 74.5 Å². The summed E-state index contributed by atoms with van der Waals surface area (Å²) in [6, 6.07) is 33.8. The van der Waals surface area contributed by atoms with Gasteiger partial charge in [-0.15, -0.1) is 0 Å². The molecule has 0 heterocycles. The lowest BCUT2D eigenvalue weighted by molar-refractivity contribution is 0.442. The zero-order chi connectivity index (χ0) is 48.5. The zero-order valence-corrected chi connectivity index (χ0v) is 41.1. The third-order valence-corrected chi connectivity index (χ3v) is 11.8. The molecule has 0 saturated carbocycles. The van der Waals surface area contributed by atoms with Crippen LogP contribution in [0.3, 0.4) is 0 Å². The van der Waals surface area contributed by atoms with E-state index in [1.165, 1.54) is 0 Å². The summed E-state index contributed by atoms with van der Waals surface area (Å²) in [7, 11) is 0. The van der Waals surface area contributed by atoms with E-state index in [0.717, 1.165) is 22.3 Å². The lowest BCUT2D eigenvalue weighted by atomic mass is 9.78. The molecule has 6 aromatic rings. The highest BCUT2D eigenvalue weighted by Gasteiger charge is 2.27. The van der Waals surface area contributed by atoms with Crippen molar-refractivity contribution in [1.82, 2.24) is 0 Å². The Labute approximate surface area is 392 Å². The van der Waals surface area contributed by atoms with Crippen molar-refractivity contribution in [2.24, 2.45) is 20.0 Å². The summed E-state index contributed by atoms with van der Waals surface area (Å²) in [4.78, 5) is 19.5. The van der Waals surface area contributed by atoms with E-state index in [1.54, 1.807) is 48.8 Å². The summed E-state index contributed by atoms with van der Waals surface area (Å²) in [5.41, 5.74) is 9.85. The molecule has 0 aliphatic heterocycles. The lowest BCUT2D eigenvalue weighted by Crippen LogP contribution is -2.18. The van der Waals surface area contributed by atoms with Crippen LogP contribution in [0.15, 0.2) is 129 Å². The van der Waals surface area contributed by atoms with Crippen molar-refractivity contribution in [2.75, 3.05) is 0 Å². The average Bonchev–Trinajstić information content (AvgIpc) is 3.22. The standard InChI is InChI=1S/C58H66N4O4/c1-35(43-29-39(55(3,4)5)31-45(53(43)65)57(9,10)11)61-49-27-17-15-25-47(49)59-33-37-21-19-23-41(51(37)63)42-24-20-22-38(52(42)64)34-60-48-26-16-18-28-50(48)62-36(2)44-30-40(56(6,7)8)32-46(54(44)66)58(12,13)14/h15-34,63-66H,1-14H3/b59-33+,60-34+,61-35+,62-36+. The van der Waals surface area contributed by atoms with Crippen LogP contribution in [0.2, 0.25) is 0 Å². The number of phenols is 4. The van der Waals surface area contributed by atoms with Gasteiger partial charge in [0.25, 0.3) is 0 Å². The molecule has 342 valence electrons. The van der Waals surface area contributed by atoms with Crippen molar-refractivity contribution < 1.29 is 20.4 Å². The Morgan fingerprint density at radius 3 is 1.05 bits per heavy atom. The van der Waals surface area contributed by atoms with Gasteiger partial charge in [-0.25, -0.2) is 0 Å². The number of rotatable bonds is 9. The Morgan fingerprint density at radius 1 is 0.394 bits per heavy atom. The van der Waals surface area contributed by atoms with Crippen molar-refractivity contribution in [3.05, 3.63) is 154 Å². The number of hydrogen-bond acceptors (Lipinski definition) is 8.